The number of anilines is 1. The van der Waals surface area contributed by atoms with Crippen molar-refractivity contribution in [2.45, 2.75) is 13.8 Å². The molecule has 2 heterocycles. The zero-order valence-corrected chi connectivity index (χ0v) is 10.8. The lowest BCUT2D eigenvalue weighted by Crippen LogP contribution is -2.29. The highest BCUT2D eigenvalue weighted by molar-refractivity contribution is 6.09. The van der Waals surface area contributed by atoms with Crippen molar-refractivity contribution in [2.75, 3.05) is 11.4 Å². The topological polar surface area (TPSA) is 55.3 Å². The van der Waals surface area contributed by atoms with Crippen molar-refractivity contribution >= 4 is 11.6 Å². The maximum atomic E-state index is 12.5. The van der Waals surface area contributed by atoms with Crippen LogP contribution in [-0.2, 0) is 0 Å². The van der Waals surface area contributed by atoms with Crippen molar-refractivity contribution in [2.24, 2.45) is 0 Å². The molecular formula is C14H13N3O2. The number of carbonyl (C=O) groups is 1. The Bertz CT molecular complexity index is 655. The van der Waals surface area contributed by atoms with Crippen molar-refractivity contribution in [1.29, 1.82) is 0 Å². The Morgan fingerprint density at radius 2 is 2.16 bits per heavy atom. The molecule has 0 saturated heterocycles. The highest BCUT2D eigenvalue weighted by atomic mass is 16.5. The van der Waals surface area contributed by atoms with Crippen molar-refractivity contribution < 1.29 is 9.53 Å². The molecule has 19 heavy (non-hydrogen) atoms. The molecule has 1 aliphatic heterocycles. The fraction of sp³-hybridized carbons (Fsp3) is 0.214. The average molecular weight is 255 g/mol. The maximum Gasteiger partial charge on any atom is 0.263 e. The molecule has 1 aromatic heterocycles. The number of aryl methyl sites for hydroxylation is 1. The van der Waals surface area contributed by atoms with E-state index in [-0.39, 0.29) is 11.8 Å². The summed E-state index contributed by atoms with van der Waals surface area (Å²) in [4.78, 5) is 14.2. The lowest BCUT2D eigenvalue weighted by atomic mass is 10.2. The van der Waals surface area contributed by atoms with Gasteiger partial charge in [0.05, 0.1) is 11.9 Å². The molecule has 0 radical (unpaired) electrons. The molecule has 0 bridgehead atoms. The first kappa shape index (κ1) is 11.6. The Kier molecular flexibility index (Phi) is 2.67. The molecule has 5 heteroatoms. The summed E-state index contributed by atoms with van der Waals surface area (Å²) in [6, 6.07) is 7.37. The van der Waals surface area contributed by atoms with Crippen LogP contribution in [0.5, 0.6) is 11.6 Å². The fourth-order valence-corrected chi connectivity index (χ4v) is 2.15. The van der Waals surface area contributed by atoms with Crippen LogP contribution in [0.4, 0.5) is 5.69 Å². The molecule has 3 rings (SSSR count). The van der Waals surface area contributed by atoms with Crippen LogP contribution in [0, 0.1) is 6.92 Å². The second-order valence-electron chi connectivity index (χ2n) is 4.37. The van der Waals surface area contributed by atoms with E-state index in [9.17, 15) is 4.79 Å². The van der Waals surface area contributed by atoms with Gasteiger partial charge in [0.2, 0.25) is 0 Å². The number of rotatable bonds is 1. The molecule has 0 N–H and O–H groups in total. The van der Waals surface area contributed by atoms with E-state index in [4.69, 9.17) is 4.74 Å². The third-order valence-corrected chi connectivity index (χ3v) is 3.09. The van der Waals surface area contributed by atoms with E-state index in [1.165, 1.54) is 6.20 Å². The van der Waals surface area contributed by atoms with Crippen LogP contribution in [0.2, 0.25) is 0 Å². The molecule has 0 unspecified atom stereocenters. The molecule has 1 aliphatic rings. The Morgan fingerprint density at radius 3 is 2.95 bits per heavy atom. The fourth-order valence-electron chi connectivity index (χ4n) is 2.15. The van der Waals surface area contributed by atoms with Gasteiger partial charge in [-0.15, -0.1) is 5.10 Å². The van der Waals surface area contributed by atoms with Gasteiger partial charge in [0, 0.05) is 6.54 Å². The molecular weight excluding hydrogens is 242 g/mol. The highest BCUT2D eigenvalue weighted by Crippen LogP contribution is 2.37. The van der Waals surface area contributed by atoms with Gasteiger partial charge in [-0.1, -0.05) is 6.07 Å². The summed E-state index contributed by atoms with van der Waals surface area (Å²) >= 11 is 0. The van der Waals surface area contributed by atoms with Gasteiger partial charge >= 0.3 is 0 Å². The van der Waals surface area contributed by atoms with Crippen LogP contribution in [0.15, 0.2) is 30.5 Å². The first-order valence-corrected chi connectivity index (χ1v) is 6.12. The molecule has 2 aromatic rings. The van der Waals surface area contributed by atoms with Crippen molar-refractivity contribution in [3.05, 3.63) is 41.6 Å². The number of carbonyl (C=O) groups excluding carboxylic acids is 1. The molecule has 0 aliphatic carbocycles. The predicted octanol–water partition coefficient (Wildman–Crippen LogP) is 2.56. The standard InChI is InChI=1S/C14H13N3O2/c1-3-17-11-8-9(2)4-5-12(11)19-13-10(14(17)18)6-7-15-16-13/h4-8H,3H2,1-2H3. The zero-order valence-electron chi connectivity index (χ0n) is 10.8. The van der Waals surface area contributed by atoms with Crippen LogP contribution in [-0.4, -0.2) is 22.6 Å². The van der Waals surface area contributed by atoms with Gasteiger partial charge in [0.15, 0.2) is 5.75 Å². The zero-order chi connectivity index (χ0) is 13.4. The molecule has 0 atom stereocenters. The van der Waals surface area contributed by atoms with Crippen molar-refractivity contribution in [3.8, 4) is 11.6 Å². The second kappa shape index (κ2) is 4.35. The third kappa shape index (κ3) is 1.83. The Labute approximate surface area is 110 Å². The number of aromatic nitrogens is 2. The van der Waals surface area contributed by atoms with Crippen LogP contribution in [0.3, 0.4) is 0 Å². The minimum atomic E-state index is -0.114. The number of hydrogen-bond acceptors (Lipinski definition) is 4. The predicted molar refractivity (Wildman–Crippen MR) is 70.6 cm³/mol. The average Bonchev–Trinajstić information content (AvgIpc) is 2.53. The number of benzene rings is 1. The molecule has 0 saturated carbocycles. The Morgan fingerprint density at radius 1 is 1.32 bits per heavy atom. The smallest absolute Gasteiger partial charge is 0.263 e. The quantitative estimate of drug-likeness (QED) is 0.785. The highest BCUT2D eigenvalue weighted by Gasteiger charge is 2.28. The van der Waals surface area contributed by atoms with Gasteiger partial charge in [0.25, 0.3) is 11.8 Å². The summed E-state index contributed by atoms with van der Waals surface area (Å²) in [7, 11) is 0. The second-order valence-corrected chi connectivity index (χ2v) is 4.37. The third-order valence-electron chi connectivity index (χ3n) is 3.09. The molecule has 1 amide bonds. The van der Waals surface area contributed by atoms with E-state index in [0.717, 1.165) is 11.3 Å². The molecule has 0 spiro atoms. The first-order valence-electron chi connectivity index (χ1n) is 6.12. The van der Waals surface area contributed by atoms with Gasteiger partial charge in [-0.3, -0.25) is 4.79 Å². The summed E-state index contributed by atoms with van der Waals surface area (Å²) in [6.07, 6.45) is 1.50. The van der Waals surface area contributed by atoms with E-state index in [0.29, 0.717) is 17.9 Å². The number of fused-ring (bicyclic) bond motifs is 2. The molecule has 0 fully saturated rings. The Balaban J connectivity index is 2.23. The summed E-state index contributed by atoms with van der Waals surface area (Å²) in [5, 5.41) is 7.67. The number of hydrogen-bond donors (Lipinski definition) is 0. The SMILES string of the molecule is CCN1C(=O)c2ccnnc2Oc2ccc(C)cc21. The van der Waals surface area contributed by atoms with Gasteiger partial charge in [-0.25, -0.2) is 0 Å². The lowest BCUT2D eigenvalue weighted by molar-refractivity contribution is 0.0988. The van der Waals surface area contributed by atoms with Gasteiger partial charge in [-0.2, -0.15) is 5.10 Å². The minimum absolute atomic E-state index is 0.114. The van der Waals surface area contributed by atoms with E-state index < -0.39 is 0 Å². The molecule has 96 valence electrons. The largest absolute Gasteiger partial charge is 0.435 e. The monoisotopic (exact) mass is 255 g/mol. The van der Waals surface area contributed by atoms with Crippen molar-refractivity contribution in [1.82, 2.24) is 10.2 Å². The lowest BCUT2D eigenvalue weighted by Gasteiger charge is -2.20. The van der Waals surface area contributed by atoms with Crippen LogP contribution < -0.4 is 9.64 Å². The van der Waals surface area contributed by atoms with Crippen LogP contribution >= 0.6 is 0 Å². The van der Waals surface area contributed by atoms with Crippen molar-refractivity contribution in [3.63, 3.8) is 0 Å². The summed E-state index contributed by atoms with van der Waals surface area (Å²) in [5.41, 5.74) is 2.28. The normalized spacial score (nSPS) is 13.4. The van der Waals surface area contributed by atoms with E-state index in [1.54, 1.807) is 11.0 Å². The van der Waals surface area contributed by atoms with Gasteiger partial charge in [-0.05, 0) is 37.6 Å². The Hall–Kier alpha value is -2.43. The summed E-state index contributed by atoms with van der Waals surface area (Å²) in [6.45, 7) is 4.49. The minimum Gasteiger partial charge on any atom is -0.435 e. The van der Waals surface area contributed by atoms with E-state index in [1.807, 2.05) is 32.0 Å². The maximum absolute atomic E-state index is 12.5. The molecule has 5 nitrogen and oxygen atoms in total. The van der Waals surface area contributed by atoms with Crippen LogP contribution in [0.25, 0.3) is 0 Å². The van der Waals surface area contributed by atoms with Gasteiger partial charge in [0.1, 0.15) is 5.56 Å². The summed E-state index contributed by atoms with van der Waals surface area (Å²) < 4.78 is 5.72. The number of amides is 1. The van der Waals surface area contributed by atoms with Gasteiger partial charge < -0.3 is 9.64 Å². The molecule has 1 aromatic carbocycles. The van der Waals surface area contributed by atoms with E-state index >= 15 is 0 Å². The first-order chi connectivity index (χ1) is 9.20. The number of nitrogens with zero attached hydrogens (tertiary/aromatic N) is 3. The number of ether oxygens (including phenoxy) is 1. The van der Waals surface area contributed by atoms with E-state index in [2.05, 4.69) is 10.2 Å². The summed E-state index contributed by atoms with van der Waals surface area (Å²) in [5.74, 6) is 0.769. The van der Waals surface area contributed by atoms with Crippen LogP contribution in [0.1, 0.15) is 22.8 Å².